The monoisotopic (exact) mass is 310 g/mol. The van der Waals surface area contributed by atoms with Crippen LogP contribution < -0.4 is 10.5 Å². The van der Waals surface area contributed by atoms with Crippen LogP contribution in [-0.4, -0.2) is 9.67 Å². The van der Waals surface area contributed by atoms with Crippen LogP contribution in [0.1, 0.15) is 31.1 Å². The Morgan fingerprint density at radius 1 is 1.13 bits per heavy atom. The van der Waals surface area contributed by atoms with Crippen LogP contribution in [0, 0.1) is 0 Å². The van der Waals surface area contributed by atoms with Crippen LogP contribution in [0.25, 0.3) is 10.9 Å². The number of benzene rings is 2. The van der Waals surface area contributed by atoms with Crippen molar-refractivity contribution in [3.8, 4) is 11.5 Å². The summed E-state index contributed by atoms with van der Waals surface area (Å²) in [4.78, 5) is 0. The van der Waals surface area contributed by atoms with Gasteiger partial charge in [-0.15, -0.1) is 0 Å². The molecule has 1 heterocycles. The molecule has 3 N–H and O–H groups in total. The second-order valence-electron chi connectivity index (χ2n) is 5.94. The van der Waals surface area contributed by atoms with E-state index in [1.165, 1.54) is 10.9 Å². The summed E-state index contributed by atoms with van der Waals surface area (Å²) in [6.45, 7) is 5.28. The fourth-order valence-corrected chi connectivity index (χ4v) is 3.00. The number of nitrogens with two attached hydrogens (primary N) is 1. The first kappa shape index (κ1) is 15.4. The van der Waals surface area contributed by atoms with E-state index >= 15 is 0 Å². The molecule has 0 unspecified atom stereocenters. The summed E-state index contributed by atoms with van der Waals surface area (Å²) >= 11 is 0. The first-order valence-electron chi connectivity index (χ1n) is 7.83. The molecule has 0 aliphatic rings. The van der Waals surface area contributed by atoms with Gasteiger partial charge in [0, 0.05) is 29.6 Å². The molecule has 0 atom stereocenters. The first-order chi connectivity index (χ1) is 11.1. The SMILES string of the molecule is CC(C)n1c(COc2cccc(O)c2)cc2c(CN)cccc21. The van der Waals surface area contributed by atoms with Crippen LogP contribution in [-0.2, 0) is 13.2 Å². The van der Waals surface area contributed by atoms with Crippen molar-refractivity contribution >= 4 is 10.9 Å². The molecule has 4 nitrogen and oxygen atoms in total. The fraction of sp³-hybridized carbons (Fsp3) is 0.263. The topological polar surface area (TPSA) is 60.4 Å². The minimum atomic E-state index is 0.206. The number of phenols is 1. The van der Waals surface area contributed by atoms with E-state index in [0.29, 0.717) is 24.9 Å². The van der Waals surface area contributed by atoms with Gasteiger partial charge < -0.3 is 20.1 Å². The third-order valence-corrected chi connectivity index (χ3v) is 3.99. The van der Waals surface area contributed by atoms with Gasteiger partial charge in [-0.2, -0.15) is 0 Å². The molecule has 0 aliphatic heterocycles. The molecule has 0 saturated carbocycles. The summed E-state index contributed by atoms with van der Waals surface area (Å²) in [5.74, 6) is 0.863. The van der Waals surface area contributed by atoms with Crippen LogP contribution in [0.4, 0.5) is 0 Å². The Kier molecular flexibility index (Phi) is 4.26. The summed E-state index contributed by atoms with van der Waals surface area (Å²) in [5, 5.41) is 10.7. The molecule has 0 fully saturated rings. The normalized spacial score (nSPS) is 11.3. The number of rotatable bonds is 5. The summed E-state index contributed by atoms with van der Waals surface area (Å²) in [6.07, 6.45) is 0. The maximum absolute atomic E-state index is 9.54. The van der Waals surface area contributed by atoms with E-state index in [1.54, 1.807) is 18.2 Å². The highest BCUT2D eigenvalue weighted by Crippen LogP contribution is 2.28. The Bertz CT molecular complexity index is 821. The summed E-state index contributed by atoms with van der Waals surface area (Å²) in [6, 6.07) is 15.6. The second kappa shape index (κ2) is 6.34. The molecule has 0 radical (unpaired) electrons. The van der Waals surface area contributed by atoms with Gasteiger partial charge in [0.05, 0.1) is 5.69 Å². The smallest absolute Gasteiger partial charge is 0.128 e. The molecule has 3 rings (SSSR count). The molecule has 4 heteroatoms. The molecule has 120 valence electrons. The lowest BCUT2D eigenvalue weighted by Crippen LogP contribution is -2.08. The van der Waals surface area contributed by atoms with Crippen LogP contribution in [0.15, 0.2) is 48.5 Å². The maximum Gasteiger partial charge on any atom is 0.128 e. The van der Waals surface area contributed by atoms with Crippen LogP contribution in [0.2, 0.25) is 0 Å². The fourth-order valence-electron chi connectivity index (χ4n) is 3.00. The third-order valence-electron chi connectivity index (χ3n) is 3.99. The zero-order chi connectivity index (χ0) is 16.4. The minimum absolute atomic E-state index is 0.206. The molecule has 0 amide bonds. The standard InChI is InChI=1S/C19H22N2O2/c1-13(2)21-15(12-23-17-7-4-6-16(22)10-17)9-18-14(11-20)5-3-8-19(18)21/h3-10,13,22H,11-12,20H2,1-2H3. The van der Waals surface area contributed by atoms with E-state index in [1.807, 2.05) is 12.1 Å². The van der Waals surface area contributed by atoms with Gasteiger partial charge in [-0.1, -0.05) is 18.2 Å². The molecule has 2 aromatic carbocycles. The Morgan fingerprint density at radius 2 is 1.91 bits per heavy atom. The summed E-state index contributed by atoms with van der Waals surface area (Å²) in [7, 11) is 0. The number of fused-ring (bicyclic) bond motifs is 1. The lowest BCUT2D eigenvalue weighted by Gasteiger charge is -2.15. The highest BCUT2D eigenvalue weighted by atomic mass is 16.5. The zero-order valence-electron chi connectivity index (χ0n) is 13.5. The van der Waals surface area contributed by atoms with E-state index in [0.717, 1.165) is 11.3 Å². The Balaban J connectivity index is 1.98. The van der Waals surface area contributed by atoms with Gasteiger partial charge in [0.15, 0.2) is 0 Å². The van der Waals surface area contributed by atoms with E-state index < -0.39 is 0 Å². The molecule has 1 aromatic heterocycles. The van der Waals surface area contributed by atoms with Gasteiger partial charge in [0.25, 0.3) is 0 Å². The number of aromatic nitrogens is 1. The van der Waals surface area contributed by atoms with Crippen molar-refractivity contribution in [3.05, 3.63) is 59.8 Å². The molecule has 0 spiro atoms. The van der Waals surface area contributed by atoms with Crippen molar-refractivity contribution in [3.63, 3.8) is 0 Å². The van der Waals surface area contributed by atoms with Crippen LogP contribution >= 0.6 is 0 Å². The molecular formula is C19H22N2O2. The summed E-state index contributed by atoms with van der Waals surface area (Å²) in [5.41, 5.74) is 9.28. The second-order valence-corrected chi connectivity index (χ2v) is 5.94. The van der Waals surface area contributed by atoms with E-state index in [2.05, 4.69) is 36.6 Å². The number of hydrogen-bond donors (Lipinski definition) is 2. The lowest BCUT2D eigenvalue weighted by molar-refractivity contribution is 0.291. The van der Waals surface area contributed by atoms with Crippen LogP contribution in [0.3, 0.4) is 0 Å². The Labute approximate surface area is 136 Å². The Morgan fingerprint density at radius 3 is 2.61 bits per heavy atom. The zero-order valence-corrected chi connectivity index (χ0v) is 13.5. The quantitative estimate of drug-likeness (QED) is 0.749. The third kappa shape index (κ3) is 3.03. The average Bonchev–Trinajstić information content (AvgIpc) is 2.91. The van der Waals surface area contributed by atoms with Gasteiger partial charge in [-0.05, 0) is 43.7 Å². The van der Waals surface area contributed by atoms with Crippen molar-refractivity contribution in [1.29, 1.82) is 0 Å². The summed E-state index contributed by atoms with van der Waals surface area (Å²) < 4.78 is 8.13. The number of phenolic OH excluding ortho intramolecular Hbond substituents is 1. The van der Waals surface area contributed by atoms with E-state index in [4.69, 9.17) is 10.5 Å². The molecular weight excluding hydrogens is 288 g/mol. The average molecular weight is 310 g/mol. The van der Waals surface area contributed by atoms with Crippen molar-refractivity contribution in [1.82, 2.24) is 4.57 Å². The number of hydrogen-bond acceptors (Lipinski definition) is 3. The predicted molar refractivity (Wildman–Crippen MR) is 92.7 cm³/mol. The molecule has 0 bridgehead atoms. The Hall–Kier alpha value is -2.46. The van der Waals surface area contributed by atoms with Crippen molar-refractivity contribution in [2.45, 2.75) is 33.0 Å². The highest BCUT2D eigenvalue weighted by Gasteiger charge is 2.14. The van der Waals surface area contributed by atoms with Crippen molar-refractivity contribution < 1.29 is 9.84 Å². The van der Waals surface area contributed by atoms with Gasteiger partial charge in [-0.25, -0.2) is 0 Å². The van der Waals surface area contributed by atoms with E-state index in [-0.39, 0.29) is 5.75 Å². The van der Waals surface area contributed by atoms with Gasteiger partial charge >= 0.3 is 0 Å². The largest absolute Gasteiger partial charge is 0.508 e. The predicted octanol–water partition coefficient (Wildman–Crippen LogP) is 3.97. The molecule has 0 saturated heterocycles. The minimum Gasteiger partial charge on any atom is -0.508 e. The highest BCUT2D eigenvalue weighted by molar-refractivity contribution is 5.85. The molecule has 0 aliphatic carbocycles. The molecule has 23 heavy (non-hydrogen) atoms. The van der Waals surface area contributed by atoms with E-state index in [9.17, 15) is 5.11 Å². The van der Waals surface area contributed by atoms with Gasteiger partial charge in [-0.3, -0.25) is 0 Å². The first-order valence-corrected chi connectivity index (χ1v) is 7.83. The number of aromatic hydroxyl groups is 1. The van der Waals surface area contributed by atoms with Crippen molar-refractivity contribution in [2.75, 3.05) is 0 Å². The lowest BCUT2D eigenvalue weighted by atomic mass is 10.1. The maximum atomic E-state index is 9.54. The number of nitrogens with zero attached hydrogens (tertiary/aromatic N) is 1. The molecule has 3 aromatic rings. The van der Waals surface area contributed by atoms with Gasteiger partial charge in [0.1, 0.15) is 18.1 Å². The van der Waals surface area contributed by atoms with Crippen molar-refractivity contribution in [2.24, 2.45) is 5.73 Å². The van der Waals surface area contributed by atoms with Crippen LogP contribution in [0.5, 0.6) is 11.5 Å². The van der Waals surface area contributed by atoms with Gasteiger partial charge in [0.2, 0.25) is 0 Å². The number of ether oxygens (including phenoxy) is 1.